The lowest BCUT2D eigenvalue weighted by Crippen LogP contribution is -2.27. The predicted octanol–water partition coefficient (Wildman–Crippen LogP) is 1.31. The van der Waals surface area contributed by atoms with Crippen LogP contribution in [0.4, 0.5) is 0 Å². The zero-order valence-electron chi connectivity index (χ0n) is 13.6. The molecular weight excluding hydrogens is 314 g/mol. The summed E-state index contributed by atoms with van der Waals surface area (Å²) in [6.45, 7) is 5.05. The van der Waals surface area contributed by atoms with Crippen molar-refractivity contribution in [2.75, 3.05) is 19.3 Å². The molecule has 0 radical (unpaired) electrons. The van der Waals surface area contributed by atoms with E-state index in [0.29, 0.717) is 13.1 Å². The van der Waals surface area contributed by atoms with Crippen molar-refractivity contribution in [2.45, 2.75) is 26.7 Å². The highest BCUT2D eigenvalue weighted by Gasteiger charge is 2.29. The molecule has 1 atom stereocenters. The van der Waals surface area contributed by atoms with Gasteiger partial charge in [-0.2, -0.15) is 5.10 Å². The van der Waals surface area contributed by atoms with Crippen LogP contribution in [0.15, 0.2) is 12.4 Å². The van der Waals surface area contributed by atoms with Gasteiger partial charge in [-0.15, -0.1) is 0 Å². The van der Waals surface area contributed by atoms with E-state index in [0.717, 1.165) is 41.2 Å². The molecule has 8 heteroatoms. The van der Waals surface area contributed by atoms with Crippen molar-refractivity contribution in [3.05, 3.63) is 29.5 Å². The highest BCUT2D eigenvalue weighted by atomic mass is 32.2. The molecule has 2 aromatic rings. The van der Waals surface area contributed by atoms with Gasteiger partial charge in [0, 0.05) is 36.7 Å². The maximum atomic E-state index is 11.7. The van der Waals surface area contributed by atoms with E-state index in [1.807, 2.05) is 13.8 Å². The molecule has 124 valence electrons. The first kappa shape index (κ1) is 16.1. The summed E-state index contributed by atoms with van der Waals surface area (Å²) in [4.78, 5) is 8.99. The van der Waals surface area contributed by atoms with Crippen molar-refractivity contribution in [1.29, 1.82) is 0 Å². The highest BCUT2D eigenvalue weighted by Crippen LogP contribution is 2.29. The van der Waals surface area contributed by atoms with E-state index in [1.54, 1.807) is 16.7 Å². The van der Waals surface area contributed by atoms with E-state index >= 15 is 0 Å². The number of hydrogen-bond donors (Lipinski definition) is 1. The summed E-state index contributed by atoms with van der Waals surface area (Å²) in [5.41, 5.74) is 4.60. The maximum absolute atomic E-state index is 11.7. The van der Waals surface area contributed by atoms with Gasteiger partial charge >= 0.3 is 0 Å². The first-order chi connectivity index (χ1) is 10.9. The molecule has 1 fully saturated rings. The lowest BCUT2D eigenvalue weighted by molar-refractivity contribution is 0.459. The third-order valence-electron chi connectivity index (χ3n) is 4.34. The van der Waals surface area contributed by atoms with Gasteiger partial charge in [0.2, 0.25) is 10.0 Å². The van der Waals surface area contributed by atoms with Gasteiger partial charge in [0.1, 0.15) is 0 Å². The number of aromatic amines is 1. The summed E-state index contributed by atoms with van der Waals surface area (Å²) in [5.74, 6) is 0.271. The van der Waals surface area contributed by atoms with Crippen LogP contribution in [0, 0.1) is 19.8 Å². The number of aromatic nitrogens is 4. The molecule has 1 aliphatic rings. The Bertz CT molecular complexity index is 796. The number of sulfonamides is 1. The van der Waals surface area contributed by atoms with E-state index < -0.39 is 10.0 Å². The maximum Gasteiger partial charge on any atom is 0.211 e. The number of aryl methyl sites for hydroxylation is 2. The van der Waals surface area contributed by atoms with Gasteiger partial charge in [-0.1, -0.05) is 0 Å². The minimum absolute atomic E-state index is 0.271. The standard InChI is InChI=1S/C15H21N5O2S/c1-10-14(11(2)19-18-10)15-13(16-5-6-17-15)8-12-4-7-20(9-12)23(3,21)22/h5-6,12H,4,7-9H2,1-3H3,(H,18,19)/t12-/m0/s1. The van der Waals surface area contributed by atoms with Crippen molar-refractivity contribution in [3.8, 4) is 11.3 Å². The fourth-order valence-electron chi connectivity index (χ4n) is 3.16. The Morgan fingerprint density at radius 1 is 1.30 bits per heavy atom. The Hall–Kier alpha value is -1.80. The fourth-order valence-corrected chi connectivity index (χ4v) is 4.08. The quantitative estimate of drug-likeness (QED) is 0.909. The molecule has 0 saturated carbocycles. The molecule has 1 aliphatic heterocycles. The fraction of sp³-hybridized carbons (Fsp3) is 0.533. The van der Waals surface area contributed by atoms with Crippen LogP contribution in [0.2, 0.25) is 0 Å². The molecule has 3 heterocycles. The Morgan fingerprint density at radius 3 is 2.65 bits per heavy atom. The van der Waals surface area contributed by atoms with Crippen molar-refractivity contribution < 1.29 is 8.42 Å². The second-order valence-corrected chi connectivity index (χ2v) is 8.12. The van der Waals surface area contributed by atoms with Gasteiger partial charge in [0.25, 0.3) is 0 Å². The summed E-state index contributed by atoms with van der Waals surface area (Å²) in [6, 6.07) is 0. The highest BCUT2D eigenvalue weighted by molar-refractivity contribution is 7.88. The Balaban J connectivity index is 1.86. The minimum atomic E-state index is -3.11. The molecule has 23 heavy (non-hydrogen) atoms. The molecule has 1 N–H and O–H groups in total. The largest absolute Gasteiger partial charge is 0.282 e. The number of nitrogens with zero attached hydrogens (tertiary/aromatic N) is 4. The number of H-pyrrole nitrogens is 1. The predicted molar refractivity (Wildman–Crippen MR) is 87.3 cm³/mol. The summed E-state index contributed by atoms with van der Waals surface area (Å²) < 4.78 is 24.9. The number of nitrogens with one attached hydrogen (secondary N) is 1. The molecule has 0 aromatic carbocycles. The van der Waals surface area contributed by atoms with Gasteiger partial charge in [0.15, 0.2) is 0 Å². The smallest absolute Gasteiger partial charge is 0.211 e. The summed E-state index contributed by atoms with van der Waals surface area (Å²) in [6.07, 6.45) is 6.21. The van der Waals surface area contributed by atoms with Crippen molar-refractivity contribution in [3.63, 3.8) is 0 Å². The topological polar surface area (TPSA) is 91.8 Å². The second-order valence-electron chi connectivity index (χ2n) is 6.14. The van der Waals surface area contributed by atoms with Crippen molar-refractivity contribution in [1.82, 2.24) is 24.5 Å². The molecule has 0 unspecified atom stereocenters. The molecule has 2 aromatic heterocycles. The van der Waals surface area contributed by atoms with E-state index in [9.17, 15) is 8.42 Å². The third kappa shape index (κ3) is 3.28. The summed E-state index contributed by atoms with van der Waals surface area (Å²) in [7, 11) is -3.11. The Morgan fingerprint density at radius 2 is 2.04 bits per heavy atom. The van der Waals surface area contributed by atoms with Gasteiger partial charge in [-0.05, 0) is 32.6 Å². The van der Waals surface area contributed by atoms with Crippen LogP contribution in [-0.4, -0.2) is 52.2 Å². The molecule has 1 saturated heterocycles. The van der Waals surface area contributed by atoms with Gasteiger partial charge < -0.3 is 0 Å². The monoisotopic (exact) mass is 335 g/mol. The number of rotatable bonds is 4. The van der Waals surface area contributed by atoms with Crippen LogP contribution in [0.3, 0.4) is 0 Å². The SMILES string of the molecule is Cc1n[nH]c(C)c1-c1nccnc1C[C@@H]1CCN(S(C)(=O)=O)C1. The van der Waals surface area contributed by atoms with Gasteiger partial charge in [-0.3, -0.25) is 15.1 Å². The van der Waals surface area contributed by atoms with E-state index in [4.69, 9.17) is 0 Å². The van der Waals surface area contributed by atoms with Crippen LogP contribution in [0.1, 0.15) is 23.5 Å². The lowest BCUT2D eigenvalue weighted by atomic mass is 9.98. The molecule has 0 spiro atoms. The first-order valence-corrected chi connectivity index (χ1v) is 9.48. The van der Waals surface area contributed by atoms with Crippen LogP contribution in [-0.2, 0) is 16.4 Å². The molecule has 0 amide bonds. The number of hydrogen-bond acceptors (Lipinski definition) is 5. The zero-order valence-corrected chi connectivity index (χ0v) is 14.4. The zero-order chi connectivity index (χ0) is 16.6. The lowest BCUT2D eigenvalue weighted by Gasteiger charge is -2.14. The molecular formula is C15H21N5O2S. The third-order valence-corrected chi connectivity index (χ3v) is 5.61. The summed E-state index contributed by atoms with van der Waals surface area (Å²) in [5, 5.41) is 7.21. The molecule has 0 aliphatic carbocycles. The van der Waals surface area contributed by atoms with Crippen molar-refractivity contribution in [2.24, 2.45) is 5.92 Å². The van der Waals surface area contributed by atoms with Gasteiger partial charge in [0.05, 0.1) is 23.3 Å². The first-order valence-electron chi connectivity index (χ1n) is 7.63. The van der Waals surface area contributed by atoms with Crippen LogP contribution in [0.25, 0.3) is 11.3 Å². The van der Waals surface area contributed by atoms with E-state index in [-0.39, 0.29) is 5.92 Å². The van der Waals surface area contributed by atoms with Crippen LogP contribution >= 0.6 is 0 Å². The van der Waals surface area contributed by atoms with E-state index in [2.05, 4.69) is 20.2 Å². The molecule has 0 bridgehead atoms. The second kappa shape index (κ2) is 6.01. The molecule has 3 rings (SSSR count). The summed E-state index contributed by atoms with van der Waals surface area (Å²) >= 11 is 0. The normalized spacial score (nSPS) is 19.3. The van der Waals surface area contributed by atoms with Crippen LogP contribution < -0.4 is 0 Å². The average Bonchev–Trinajstić information content (AvgIpc) is 3.07. The van der Waals surface area contributed by atoms with Crippen LogP contribution in [0.5, 0.6) is 0 Å². The van der Waals surface area contributed by atoms with Crippen molar-refractivity contribution >= 4 is 10.0 Å². The minimum Gasteiger partial charge on any atom is -0.282 e. The average molecular weight is 335 g/mol. The molecule has 7 nitrogen and oxygen atoms in total. The van der Waals surface area contributed by atoms with Gasteiger partial charge in [-0.25, -0.2) is 12.7 Å². The Kier molecular flexibility index (Phi) is 4.20. The Labute approximate surface area is 136 Å². The van der Waals surface area contributed by atoms with E-state index in [1.165, 1.54) is 6.26 Å².